The lowest BCUT2D eigenvalue weighted by molar-refractivity contribution is -0.383. The van der Waals surface area contributed by atoms with Crippen LogP contribution in [0, 0.1) is 24.0 Å². The zero-order valence-corrected chi connectivity index (χ0v) is 29.6. The molecule has 0 amide bonds. The number of allylic oxidation sites excluding steroid dienone is 1. The zero-order valence-electron chi connectivity index (χ0n) is 29.6. The molecule has 1 aliphatic carbocycles. The number of aromatic nitrogens is 2. The molecule has 14 nitrogen and oxygen atoms in total. The van der Waals surface area contributed by atoms with Gasteiger partial charge in [0.15, 0.2) is 0 Å². The Morgan fingerprint density at radius 3 is 2.00 bits per heavy atom. The van der Waals surface area contributed by atoms with Crippen molar-refractivity contribution in [3.63, 3.8) is 0 Å². The maximum atomic E-state index is 11.2. The topological polar surface area (TPSA) is 258 Å². The molecule has 2 heterocycles. The molecule has 14 heteroatoms. The Hall–Kier alpha value is -5.86. The van der Waals surface area contributed by atoms with Crippen molar-refractivity contribution in [2.24, 2.45) is 25.6 Å². The van der Waals surface area contributed by atoms with Gasteiger partial charge in [0.25, 0.3) is 5.69 Å². The van der Waals surface area contributed by atoms with Crippen LogP contribution in [-0.2, 0) is 30.1 Å². The van der Waals surface area contributed by atoms with Crippen molar-refractivity contribution < 1.29 is 24.7 Å². The van der Waals surface area contributed by atoms with Gasteiger partial charge < -0.3 is 48.0 Å². The number of fused-ring (bicyclic) bond motifs is 3. The maximum Gasteiger partial charge on any atom is 0.320 e. The SMILES string of the molecule is CC1=C(CC(N)C(=O)O)c2cccc(N)c2C1C.Cc1c(CC(N)C(=O)O)c2c([N+](=O)[O-])ccc(N)c2n1C.Cc1cc2cccc(N)c2n1C. The molecular weight excluding hydrogens is 652 g/mol. The number of carboxylic acids is 2. The van der Waals surface area contributed by atoms with Crippen molar-refractivity contribution in [2.45, 2.75) is 58.5 Å². The highest BCUT2D eigenvalue weighted by Gasteiger charge is 2.29. The minimum Gasteiger partial charge on any atom is -0.480 e. The van der Waals surface area contributed by atoms with Gasteiger partial charge in [-0.25, -0.2) is 0 Å². The van der Waals surface area contributed by atoms with Gasteiger partial charge in [0.05, 0.1) is 32.7 Å². The van der Waals surface area contributed by atoms with E-state index in [4.69, 9.17) is 38.9 Å². The van der Waals surface area contributed by atoms with Gasteiger partial charge in [0.2, 0.25) is 0 Å². The highest BCUT2D eigenvalue weighted by Crippen LogP contribution is 2.45. The van der Waals surface area contributed by atoms with Gasteiger partial charge in [-0.2, -0.15) is 0 Å². The third kappa shape index (κ3) is 7.37. The largest absolute Gasteiger partial charge is 0.480 e. The number of benzene rings is 3. The second kappa shape index (κ2) is 14.9. The van der Waals surface area contributed by atoms with Crippen molar-refractivity contribution >= 4 is 62.1 Å². The van der Waals surface area contributed by atoms with Gasteiger partial charge in [-0.15, -0.1) is 0 Å². The average Bonchev–Trinajstić information content (AvgIpc) is 3.60. The molecule has 0 saturated heterocycles. The van der Waals surface area contributed by atoms with E-state index >= 15 is 0 Å². The minimum atomic E-state index is -1.15. The van der Waals surface area contributed by atoms with Gasteiger partial charge in [0.1, 0.15) is 12.1 Å². The number of rotatable bonds is 7. The maximum absolute atomic E-state index is 11.2. The number of nitrogens with two attached hydrogens (primary N) is 5. The van der Waals surface area contributed by atoms with Gasteiger partial charge in [-0.05, 0) is 73.7 Å². The summed E-state index contributed by atoms with van der Waals surface area (Å²) >= 11 is 0. The molecule has 2 aromatic heterocycles. The fraction of sp³-hybridized carbons (Fsp3) is 0.297. The molecule has 0 radical (unpaired) electrons. The van der Waals surface area contributed by atoms with Gasteiger partial charge in [-0.3, -0.25) is 19.7 Å². The number of nitro groups is 1. The fourth-order valence-electron chi connectivity index (χ4n) is 6.70. The first-order valence-corrected chi connectivity index (χ1v) is 16.2. The number of aliphatic carboxylic acids is 2. The summed E-state index contributed by atoms with van der Waals surface area (Å²) in [5.74, 6) is -1.89. The molecule has 5 aromatic rings. The predicted molar refractivity (Wildman–Crippen MR) is 202 cm³/mol. The number of nitrogen functional groups attached to an aromatic ring is 3. The zero-order chi connectivity index (χ0) is 38.1. The quantitative estimate of drug-likeness (QED) is 0.0678. The summed E-state index contributed by atoms with van der Waals surface area (Å²) in [5.41, 5.74) is 39.4. The molecule has 0 saturated carbocycles. The average molecular weight is 699 g/mol. The summed E-state index contributed by atoms with van der Waals surface area (Å²) in [4.78, 5) is 32.6. The van der Waals surface area contributed by atoms with Gasteiger partial charge in [-0.1, -0.05) is 36.8 Å². The van der Waals surface area contributed by atoms with Crippen LogP contribution in [-0.4, -0.2) is 48.3 Å². The van der Waals surface area contributed by atoms with Crippen LogP contribution in [0.2, 0.25) is 0 Å². The van der Waals surface area contributed by atoms with Crippen molar-refractivity contribution in [3.8, 4) is 0 Å². The van der Waals surface area contributed by atoms with Gasteiger partial charge >= 0.3 is 11.9 Å². The number of anilines is 3. The lowest BCUT2D eigenvalue weighted by atomic mass is 9.97. The van der Waals surface area contributed by atoms with E-state index in [1.54, 1.807) is 18.5 Å². The molecule has 0 fully saturated rings. The predicted octanol–water partition coefficient (Wildman–Crippen LogP) is 4.96. The van der Waals surface area contributed by atoms with Crippen molar-refractivity contribution in [1.29, 1.82) is 0 Å². The summed E-state index contributed by atoms with van der Waals surface area (Å²) in [6.07, 6.45) is 0.352. The standard InChI is InChI=1S/C14H18N2O2.C13H16N4O4.C10H12N2/c1-7-8(2)13-9(4-3-5-11(13)15)10(7)6-12(16)14(17)18;1-6-7(5-9(15)13(18)19)11-10(17(20)21)4-3-8(14)12(11)16(6)2;1-7-6-8-4-3-5-9(11)10(8)12(7)2/h3-5,8,12H,6,15-16H2,1-2H3,(H,17,18);3-4,9H,5,14-15H2,1-2H3,(H,18,19);3-6H,11H2,1-2H3. The molecule has 0 aliphatic heterocycles. The molecule has 3 unspecified atom stereocenters. The molecular formula is C37H46N8O6. The molecule has 6 rings (SSSR count). The Morgan fingerprint density at radius 2 is 1.41 bits per heavy atom. The number of para-hydroxylation sites is 1. The van der Waals surface area contributed by atoms with Crippen LogP contribution in [0.4, 0.5) is 22.7 Å². The van der Waals surface area contributed by atoms with E-state index in [1.165, 1.54) is 28.8 Å². The Morgan fingerprint density at radius 1 is 0.843 bits per heavy atom. The van der Waals surface area contributed by atoms with E-state index in [0.717, 1.165) is 33.6 Å². The van der Waals surface area contributed by atoms with E-state index in [1.807, 2.05) is 44.3 Å². The first-order chi connectivity index (χ1) is 23.9. The molecule has 0 bridgehead atoms. The first-order valence-electron chi connectivity index (χ1n) is 16.2. The summed E-state index contributed by atoms with van der Waals surface area (Å²) in [6, 6.07) is 14.7. The number of hydrogen-bond donors (Lipinski definition) is 7. The normalized spacial score (nSPS) is 14.7. The molecule has 270 valence electrons. The first kappa shape index (κ1) is 38.0. The van der Waals surface area contributed by atoms with Gasteiger partial charge in [0, 0.05) is 55.0 Å². The highest BCUT2D eigenvalue weighted by atomic mass is 16.6. The summed E-state index contributed by atoms with van der Waals surface area (Å²) in [6.45, 7) is 7.95. The monoisotopic (exact) mass is 698 g/mol. The summed E-state index contributed by atoms with van der Waals surface area (Å²) < 4.78 is 3.84. The van der Waals surface area contributed by atoms with Crippen LogP contribution in [0.25, 0.3) is 27.4 Å². The summed E-state index contributed by atoms with van der Waals surface area (Å²) in [7, 11) is 3.77. The molecule has 12 N–H and O–H groups in total. The van der Waals surface area contributed by atoms with E-state index in [-0.39, 0.29) is 18.0 Å². The number of nitro benzene ring substituents is 1. The van der Waals surface area contributed by atoms with E-state index in [0.29, 0.717) is 34.3 Å². The Bertz CT molecular complexity index is 2200. The highest BCUT2D eigenvalue weighted by molar-refractivity contribution is 6.01. The number of nitrogens with zero attached hydrogens (tertiary/aromatic N) is 3. The molecule has 1 aliphatic rings. The molecule has 3 aromatic carbocycles. The Labute approximate surface area is 295 Å². The van der Waals surface area contributed by atoms with Crippen molar-refractivity contribution in [3.05, 3.63) is 98.4 Å². The number of aryl methyl sites for hydroxylation is 3. The van der Waals surface area contributed by atoms with E-state index < -0.39 is 28.9 Å². The van der Waals surface area contributed by atoms with Crippen LogP contribution in [0.3, 0.4) is 0 Å². The third-order valence-corrected chi connectivity index (χ3v) is 9.79. The lowest BCUT2D eigenvalue weighted by Gasteiger charge is -2.11. The second-order valence-electron chi connectivity index (χ2n) is 12.9. The summed E-state index contributed by atoms with van der Waals surface area (Å²) in [5, 5.41) is 30.7. The number of hydrogen-bond acceptors (Lipinski definition) is 9. The molecule has 0 spiro atoms. The number of non-ortho nitro benzene ring substituents is 1. The molecule has 51 heavy (non-hydrogen) atoms. The fourth-order valence-corrected chi connectivity index (χ4v) is 6.70. The second-order valence-corrected chi connectivity index (χ2v) is 12.9. The Kier molecular flexibility index (Phi) is 11.1. The van der Waals surface area contributed by atoms with Crippen LogP contribution in [0.1, 0.15) is 54.3 Å². The number of carboxylic acid groups (broad SMARTS) is 2. The van der Waals surface area contributed by atoms with Crippen molar-refractivity contribution in [1.82, 2.24) is 9.13 Å². The van der Waals surface area contributed by atoms with Crippen molar-refractivity contribution in [2.75, 3.05) is 17.2 Å². The lowest BCUT2D eigenvalue weighted by Crippen LogP contribution is -2.32. The number of carbonyl (C=O) groups is 2. The van der Waals surface area contributed by atoms with E-state index in [2.05, 4.69) is 30.5 Å². The molecule has 3 atom stereocenters. The van der Waals surface area contributed by atoms with Crippen LogP contribution < -0.4 is 28.7 Å². The van der Waals surface area contributed by atoms with Crippen LogP contribution in [0.15, 0.2) is 60.2 Å². The smallest absolute Gasteiger partial charge is 0.320 e. The minimum absolute atomic E-state index is 0.00278. The Balaban J connectivity index is 0.000000177. The van der Waals surface area contributed by atoms with Crippen LogP contribution in [0.5, 0.6) is 0 Å². The van der Waals surface area contributed by atoms with Crippen LogP contribution >= 0.6 is 0 Å². The van der Waals surface area contributed by atoms with E-state index in [9.17, 15) is 19.7 Å². The third-order valence-electron chi connectivity index (χ3n) is 9.79.